The summed E-state index contributed by atoms with van der Waals surface area (Å²) in [5, 5.41) is 30.3. The van der Waals surface area contributed by atoms with Crippen molar-refractivity contribution < 1.29 is 29.7 Å². The normalized spacial score (nSPS) is 12.7. The number of unbranched alkanes of at least 4 members (excludes halogenated alkanes) is 1. The monoisotopic (exact) mass is 392 g/mol. The highest BCUT2D eigenvalue weighted by Crippen LogP contribution is 2.41. The molecule has 1 aromatic rings. The molecule has 156 valence electrons. The molecule has 28 heavy (non-hydrogen) atoms. The maximum Gasteiger partial charge on any atom is 0.329 e. The zero-order valence-electron chi connectivity index (χ0n) is 17.8. The molecule has 0 spiro atoms. The van der Waals surface area contributed by atoms with Gasteiger partial charge in [0.15, 0.2) is 5.78 Å². The van der Waals surface area contributed by atoms with Crippen molar-refractivity contribution in [2.24, 2.45) is 5.41 Å². The lowest BCUT2D eigenvalue weighted by Gasteiger charge is -2.29. The molecule has 0 amide bonds. The summed E-state index contributed by atoms with van der Waals surface area (Å²) < 4.78 is 0. The van der Waals surface area contributed by atoms with Crippen molar-refractivity contribution in [2.75, 3.05) is 0 Å². The molecule has 0 bridgehead atoms. The summed E-state index contributed by atoms with van der Waals surface area (Å²) in [6, 6.07) is 3.22. The Bertz CT molecular complexity index is 763. The molecule has 6 nitrogen and oxygen atoms in total. The third kappa shape index (κ3) is 4.37. The van der Waals surface area contributed by atoms with Crippen LogP contribution >= 0.6 is 0 Å². The average molecular weight is 392 g/mol. The minimum absolute atomic E-state index is 0.252. The Hall–Kier alpha value is -2.37. The number of aliphatic carboxylic acids is 2. The highest BCUT2D eigenvalue weighted by molar-refractivity contribution is 6.25. The number of aromatic hydroxyl groups is 1. The SMILES string of the molecule is CCCCC(C(=O)O)(C(=O)O)C(=O)c1cc(C(C)(C)C)cc(C(C)(C)C)c1O. The second kappa shape index (κ2) is 7.94. The van der Waals surface area contributed by atoms with Crippen LogP contribution in [-0.4, -0.2) is 33.0 Å². The summed E-state index contributed by atoms with van der Waals surface area (Å²) in [5.74, 6) is -4.86. The molecule has 0 aliphatic carbocycles. The lowest BCUT2D eigenvalue weighted by atomic mass is 9.72. The van der Waals surface area contributed by atoms with Gasteiger partial charge in [0, 0.05) is 5.56 Å². The summed E-state index contributed by atoms with van der Waals surface area (Å²) in [7, 11) is 0. The van der Waals surface area contributed by atoms with Crippen LogP contribution in [0.3, 0.4) is 0 Å². The number of Topliss-reactive ketones (excluding diaryl/α,β-unsaturated/α-hetero) is 1. The number of carboxylic acid groups (broad SMARTS) is 2. The first kappa shape index (κ1) is 23.7. The van der Waals surface area contributed by atoms with Gasteiger partial charge in [-0.25, -0.2) is 0 Å². The number of hydrogen-bond donors (Lipinski definition) is 3. The maximum atomic E-state index is 13.3. The first-order valence-electron chi connectivity index (χ1n) is 9.50. The van der Waals surface area contributed by atoms with Crippen LogP contribution in [0.4, 0.5) is 0 Å². The van der Waals surface area contributed by atoms with E-state index < -0.39 is 28.6 Å². The molecule has 3 N–H and O–H groups in total. The average Bonchev–Trinajstić information content (AvgIpc) is 2.52. The van der Waals surface area contributed by atoms with Crippen molar-refractivity contribution in [3.63, 3.8) is 0 Å². The first-order chi connectivity index (χ1) is 12.6. The molecule has 0 aliphatic heterocycles. The standard InChI is InChI=1S/C22H32O6/c1-8-9-10-22(18(25)26,19(27)28)17(24)14-11-13(20(2,3)4)12-15(16(14)23)21(5,6)7/h11-12,23H,8-10H2,1-7H3,(H,25,26)(H,27,28). The fraction of sp³-hybridized carbons (Fsp3) is 0.591. The van der Waals surface area contributed by atoms with Crippen molar-refractivity contribution in [2.45, 2.75) is 78.6 Å². The molecule has 0 unspecified atom stereocenters. The van der Waals surface area contributed by atoms with Gasteiger partial charge in [0.1, 0.15) is 5.75 Å². The molecule has 0 saturated heterocycles. The van der Waals surface area contributed by atoms with E-state index in [9.17, 15) is 29.7 Å². The van der Waals surface area contributed by atoms with Crippen LogP contribution in [0.15, 0.2) is 12.1 Å². The van der Waals surface area contributed by atoms with Crippen LogP contribution in [0, 0.1) is 5.41 Å². The van der Waals surface area contributed by atoms with E-state index in [2.05, 4.69) is 0 Å². The molecular weight excluding hydrogens is 360 g/mol. The number of ketones is 1. The Labute approximate surface area is 166 Å². The van der Waals surface area contributed by atoms with Gasteiger partial charge in [-0.05, 0) is 28.9 Å². The molecule has 1 aromatic carbocycles. The third-order valence-electron chi connectivity index (χ3n) is 5.05. The van der Waals surface area contributed by atoms with Gasteiger partial charge in [-0.2, -0.15) is 0 Å². The van der Waals surface area contributed by atoms with Gasteiger partial charge in [-0.3, -0.25) is 14.4 Å². The zero-order chi connectivity index (χ0) is 22.1. The van der Waals surface area contributed by atoms with Crippen LogP contribution in [0.1, 0.15) is 89.2 Å². The molecule has 1 rings (SSSR count). The summed E-state index contributed by atoms with van der Waals surface area (Å²) in [4.78, 5) is 37.3. The number of carbonyl (C=O) groups is 3. The highest BCUT2D eigenvalue weighted by Gasteiger charge is 2.54. The molecule has 0 heterocycles. The number of carbonyl (C=O) groups excluding carboxylic acids is 1. The zero-order valence-corrected chi connectivity index (χ0v) is 17.8. The van der Waals surface area contributed by atoms with Crippen LogP contribution in [0.25, 0.3) is 0 Å². The number of hydrogen-bond acceptors (Lipinski definition) is 4. The smallest absolute Gasteiger partial charge is 0.329 e. The van der Waals surface area contributed by atoms with Crippen molar-refractivity contribution in [3.05, 3.63) is 28.8 Å². The molecule has 0 atom stereocenters. The fourth-order valence-electron chi connectivity index (χ4n) is 3.10. The van der Waals surface area contributed by atoms with Gasteiger partial charge >= 0.3 is 11.9 Å². The van der Waals surface area contributed by atoms with E-state index >= 15 is 0 Å². The van der Waals surface area contributed by atoms with Gasteiger partial charge in [0.25, 0.3) is 0 Å². The van der Waals surface area contributed by atoms with Gasteiger partial charge in [0.2, 0.25) is 5.41 Å². The second-order valence-electron chi connectivity index (χ2n) is 9.37. The lowest BCUT2D eigenvalue weighted by Crippen LogP contribution is -2.46. The quantitative estimate of drug-likeness (QED) is 0.465. The van der Waals surface area contributed by atoms with E-state index in [4.69, 9.17) is 0 Å². The van der Waals surface area contributed by atoms with E-state index in [1.807, 2.05) is 41.5 Å². The van der Waals surface area contributed by atoms with Crippen LogP contribution in [-0.2, 0) is 20.4 Å². The Morgan fingerprint density at radius 2 is 1.39 bits per heavy atom. The minimum atomic E-state index is -2.63. The Morgan fingerprint density at radius 3 is 1.75 bits per heavy atom. The largest absolute Gasteiger partial charge is 0.507 e. The minimum Gasteiger partial charge on any atom is -0.507 e. The van der Waals surface area contributed by atoms with Crippen LogP contribution < -0.4 is 0 Å². The molecule has 6 heteroatoms. The Kier molecular flexibility index (Phi) is 6.71. The molecule has 0 fully saturated rings. The van der Waals surface area contributed by atoms with Crippen molar-refractivity contribution in [1.29, 1.82) is 0 Å². The third-order valence-corrected chi connectivity index (χ3v) is 5.05. The lowest BCUT2D eigenvalue weighted by molar-refractivity contribution is -0.160. The van der Waals surface area contributed by atoms with Crippen LogP contribution in [0.5, 0.6) is 5.75 Å². The molecule has 0 aliphatic rings. The Morgan fingerprint density at radius 1 is 0.893 bits per heavy atom. The Balaban J connectivity index is 3.87. The number of carboxylic acids is 2. The highest BCUT2D eigenvalue weighted by atomic mass is 16.4. The second-order valence-corrected chi connectivity index (χ2v) is 9.37. The van der Waals surface area contributed by atoms with Gasteiger partial charge in [-0.1, -0.05) is 67.4 Å². The summed E-state index contributed by atoms with van der Waals surface area (Å²) in [6.07, 6.45) is 0.462. The maximum absolute atomic E-state index is 13.3. The van der Waals surface area contributed by atoms with Gasteiger partial charge < -0.3 is 15.3 Å². The van der Waals surface area contributed by atoms with Gasteiger partial charge in [0.05, 0.1) is 5.56 Å². The number of phenolic OH excluding ortho intramolecular Hbond substituents is 1. The number of phenols is 1. The van der Waals surface area contributed by atoms with E-state index in [1.165, 1.54) is 6.07 Å². The van der Waals surface area contributed by atoms with E-state index in [0.717, 1.165) is 5.56 Å². The van der Waals surface area contributed by atoms with Crippen molar-refractivity contribution >= 4 is 17.7 Å². The fourth-order valence-corrected chi connectivity index (χ4v) is 3.10. The molecule has 0 aromatic heterocycles. The van der Waals surface area contributed by atoms with E-state index in [-0.39, 0.29) is 29.6 Å². The summed E-state index contributed by atoms with van der Waals surface area (Å²) in [6.45, 7) is 13.2. The summed E-state index contributed by atoms with van der Waals surface area (Å²) in [5.41, 5.74) is -2.60. The predicted molar refractivity (Wildman–Crippen MR) is 107 cm³/mol. The molecule has 0 saturated carbocycles. The topological polar surface area (TPSA) is 112 Å². The number of rotatable bonds is 7. The molecule has 0 radical (unpaired) electrons. The predicted octanol–water partition coefficient (Wildman–Crippen LogP) is 4.52. The summed E-state index contributed by atoms with van der Waals surface area (Å²) >= 11 is 0. The molecular formula is C22H32O6. The van der Waals surface area contributed by atoms with E-state index in [1.54, 1.807) is 13.0 Å². The van der Waals surface area contributed by atoms with E-state index in [0.29, 0.717) is 12.0 Å². The van der Waals surface area contributed by atoms with Crippen molar-refractivity contribution in [1.82, 2.24) is 0 Å². The number of benzene rings is 1. The first-order valence-corrected chi connectivity index (χ1v) is 9.50. The van der Waals surface area contributed by atoms with Crippen molar-refractivity contribution in [3.8, 4) is 5.75 Å². The van der Waals surface area contributed by atoms with Gasteiger partial charge in [-0.15, -0.1) is 0 Å². The van der Waals surface area contributed by atoms with Crippen LogP contribution in [0.2, 0.25) is 0 Å².